The van der Waals surface area contributed by atoms with Crippen molar-refractivity contribution >= 4 is 17.6 Å². The Balaban J connectivity index is 2.30. The first kappa shape index (κ1) is 13.5. The van der Waals surface area contributed by atoms with Gasteiger partial charge in [-0.05, 0) is 36.4 Å². The van der Waals surface area contributed by atoms with Crippen LogP contribution in [0, 0.1) is 5.82 Å². The lowest BCUT2D eigenvalue weighted by molar-refractivity contribution is 0.0693. The van der Waals surface area contributed by atoms with Crippen LogP contribution in [0.3, 0.4) is 0 Å². The van der Waals surface area contributed by atoms with Crippen molar-refractivity contribution in [2.45, 2.75) is 0 Å². The second-order valence-corrected chi connectivity index (χ2v) is 3.97. The number of carboxylic acids is 1. The zero-order chi connectivity index (χ0) is 14.7. The highest BCUT2D eigenvalue weighted by Gasteiger charge is 2.17. The van der Waals surface area contributed by atoms with Crippen LogP contribution in [0.25, 0.3) is 0 Å². The molecule has 0 bridgehead atoms. The van der Waals surface area contributed by atoms with Crippen molar-refractivity contribution in [2.75, 3.05) is 5.32 Å². The van der Waals surface area contributed by atoms with Crippen molar-refractivity contribution < 1.29 is 24.2 Å². The van der Waals surface area contributed by atoms with E-state index in [0.29, 0.717) is 0 Å². The SMILES string of the molecule is O=C(Nc1cccc(F)c1C(=O)O)c1ccc(O)cc1. The summed E-state index contributed by atoms with van der Waals surface area (Å²) in [6, 6.07) is 8.96. The molecule has 2 rings (SSSR count). The number of benzene rings is 2. The maximum atomic E-state index is 13.4. The van der Waals surface area contributed by atoms with Gasteiger partial charge in [0.05, 0.1) is 5.69 Å². The summed E-state index contributed by atoms with van der Waals surface area (Å²) < 4.78 is 13.4. The Morgan fingerprint density at radius 3 is 2.30 bits per heavy atom. The van der Waals surface area contributed by atoms with Crippen molar-refractivity contribution in [3.05, 3.63) is 59.4 Å². The standard InChI is InChI=1S/C14H10FNO4/c15-10-2-1-3-11(12(10)14(19)20)16-13(18)8-4-6-9(17)7-5-8/h1-7,17H,(H,16,18)(H,19,20). The quantitative estimate of drug-likeness (QED) is 0.803. The van der Waals surface area contributed by atoms with E-state index < -0.39 is 23.3 Å². The third-order valence-electron chi connectivity index (χ3n) is 2.61. The van der Waals surface area contributed by atoms with E-state index in [4.69, 9.17) is 10.2 Å². The number of amides is 1. The van der Waals surface area contributed by atoms with Crippen LogP contribution < -0.4 is 5.32 Å². The number of carboxylic acid groups (broad SMARTS) is 1. The molecule has 1 amide bonds. The summed E-state index contributed by atoms with van der Waals surface area (Å²) in [6.45, 7) is 0. The lowest BCUT2D eigenvalue weighted by Gasteiger charge is -2.09. The fourth-order valence-corrected chi connectivity index (χ4v) is 1.65. The smallest absolute Gasteiger partial charge is 0.340 e. The maximum absolute atomic E-state index is 13.4. The highest BCUT2D eigenvalue weighted by atomic mass is 19.1. The van der Waals surface area contributed by atoms with Gasteiger partial charge in [0.2, 0.25) is 0 Å². The van der Waals surface area contributed by atoms with Crippen molar-refractivity contribution in [3.8, 4) is 5.75 Å². The number of phenols is 1. The van der Waals surface area contributed by atoms with Gasteiger partial charge in [0, 0.05) is 5.56 Å². The molecule has 102 valence electrons. The number of rotatable bonds is 3. The van der Waals surface area contributed by atoms with Crippen molar-refractivity contribution in [1.29, 1.82) is 0 Å². The largest absolute Gasteiger partial charge is 0.508 e. The number of aromatic carboxylic acids is 1. The molecular weight excluding hydrogens is 265 g/mol. The second kappa shape index (κ2) is 5.40. The zero-order valence-corrected chi connectivity index (χ0v) is 10.1. The second-order valence-electron chi connectivity index (χ2n) is 3.97. The van der Waals surface area contributed by atoms with Gasteiger partial charge in [-0.15, -0.1) is 0 Å². The Hall–Kier alpha value is -2.89. The summed E-state index contributed by atoms with van der Waals surface area (Å²) in [4.78, 5) is 22.9. The molecule has 0 saturated heterocycles. The van der Waals surface area contributed by atoms with Gasteiger partial charge in [-0.1, -0.05) is 6.07 Å². The number of halogens is 1. The molecule has 0 aliphatic rings. The molecule has 0 aromatic heterocycles. The van der Waals surface area contributed by atoms with Gasteiger partial charge in [0.1, 0.15) is 17.1 Å². The average Bonchev–Trinajstić information content (AvgIpc) is 2.39. The van der Waals surface area contributed by atoms with E-state index >= 15 is 0 Å². The Bertz CT molecular complexity index is 667. The summed E-state index contributed by atoms with van der Waals surface area (Å²) in [5, 5.41) is 20.4. The van der Waals surface area contributed by atoms with Crippen LogP contribution in [0.15, 0.2) is 42.5 Å². The molecular formula is C14H10FNO4. The number of carbonyl (C=O) groups excluding carboxylic acids is 1. The highest BCUT2D eigenvalue weighted by molar-refractivity contribution is 6.07. The fourth-order valence-electron chi connectivity index (χ4n) is 1.65. The van der Waals surface area contributed by atoms with Crippen LogP contribution in [-0.4, -0.2) is 22.1 Å². The molecule has 0 unspecified atom stereocenters. The molecule has 0 aliphatic carbocycles. The highest BCUT2D eigenvalue weighted by Crippen LogP contribution is 2.20. The molecule has 2 aromatic carbocycles. The van der Waals surface area contributed by atoms with Crippen molar-refractivity contribution in [2.24, 2.45) is 0 Å². The Morgan fingerprint density at radius 1 is 1.05 bits per heavy atom. The average molecular weight is 275 g/mol. The van der Waals surface area contributed by atoms with Crippen molar-refractivity contribution in [3.63, 3.8) is 0 Å². The predicted molar refractivity (Wildman–Crippen MR) is 69.4 cm³/mol. The molecule has 0 radical (unpaired) electrons. The number of hydrogen-bond donors (Lipinski definition) is 3. The molecule has 0 fully saturated rings. The number of nitrogens with one attached hydrogen (secondary N) is 1. The number of phenolic OH excluding ortho intramolecular Hbond substituents is 1. The van der Waals surface area contributed by atoms with Gasteiger partial charge in [-0.25, -0.2) is 9.18 Å². The fraction of sp³-hybridized carbons (Fsp3) is 0. The molecule has 3 N–H and O–H groups in total. The number of aromatic hydroxyl groups is 1. The maximum Gasteiger partial charge on any atom is 0.340 e. The monoisotopic (exact) mass is 275 g/mol. The Kier molecular flexibility index (Phi) is 3.65. The van der Waals surface area contributed by atoms with Gasteiger partial charge in [-0.2, -0.15) is 0 Å². The summed E-state index contributed by atoms with van der Waals surface area (Å²) in [5.41, 5.74) is -0.515. The van der Waals surface area contributed by atoms with Crippen molar-refractivity contribution in [1.82, 2.24) is 0 Å². The molecule has 2 aromatic rings. The zero-order valence-electron chi connectivity index (χ0n) is 10.1. The first-order valence-corrected chi connectivity index (χ1v) is 5.61. The lowest BCUT2D eigenvalue weighted by Crippen LogP contribution is -2.15. The summed E-state index contributed by atoms with van der Waals surface area (Å²) >= 11 is 0. The molecule has 5 nitrogen and oxygen atoms in total. The number of carbonyl (C=O) groups is 2. The van der Waals surface area contributed by atoms with E-state index in [9.17, 15) is 14.0 Å². The molecule has 0 heterocycles. The molecule has 0 atom stereocenters. The topological polar surface area (TPSA) is 86.6 Å². The summed E-state index contributed by atoms with van der Waals surface area (Å²) in [5.74, 6) is -3.00. The minimum Gasteiger partial charge on any atom is -0.508 e. The normalized spacial score (nSPS) is 10.1. The minimum absolute atomic E-state index is 0.00136. The van der Waals surface area contributed by atoms with E-state index in [0.717, 1.165) is 6.07 Å². The Morgan fingerprint density at radius 2 is 1.70 bits per heavy atom. The van der Waals surface area contributed by atoms with Gasteiger partial charge in [0.25, 0.3) is 5.91 Å². The molecule has 0 aliphatic heterocycles. The van der Waals surface area contributed by atoms with Gasteiger partial charge < -0.3 is 15.5 Å². The van der Waals surface area contributed by atoms with E-state index in [1.807, 2.05) is 0 Å². The van der Waals surface area contributed by atoms with Gasteiger partial charge >= 0.3 is 5.97 Å². The van der Waals surface area contributed by atoms with Crippen LogP contribution in [-0.2, 0) is 0 Å². The molecule has 6 heteroatoms. The van der Waals surface area contributed by atoms with Crippen LogP contribution >= 0.6 is 0 Å². The van der Waals surface area contributed by atoms with E-state index in [1.165, 1.54) is 36.4 Å². The van der Waals surface area contributed by atoms with Crippen LogP contribution in [0.5, 0.6) is 5.75 Å². The first-order valence-electron chi connectivity index (χ1n) is 5.61. The molecule has 20 heavy (non-hydrogen) atoms. The summed E-state index contributed by atoms with van der Waals surface area (Å²) in [7, 11) is 0. The number of hydrogen-bond acceptors (Lipinski definition) is 3. The Labute approximate surface area is 113 Å². The summed E-state index contributed by atoms with van der Waals surface area (Å²) in [6.07, 6.45) is 0. The van der Waals surface area contributed by atoms with E-state index in [2.05, 4.69) is 5.32 Å². The first-order chi connectivity index (χ1) is 9.49. The third kappa shape index (κ3) is 2.74. The number of anilines is 1. The predicted octanol–water partition coefficient (Wildman–Crippen LogP) is 2.48. The van der Waals surface area contributed by atoms with Crippen LogP contribution in [0.1, 0.15) is 20.7 Å². The minimum atomic E-state index is -1.47. The molecule has 0 spiro atoms. The molecule has 0 saturated carbocycles. The van der Waals surface area contributed by atoms with Gasteiger partial charge in [-0.3, -0.25) is 4.79 Å². The van der Waals surface area contributed by atoms with Crippen LogP contribution in [0.2, 0.25) is 0 Å². The van der Waals surface area contributed by atoms with Gasteiger partial charge in [0.15, 0.2) is 0 Å². The lowest BCUT2D eigenvalue weighted by atomic mass is 10.1. The van der Waals surface area contributed by atoms with E-state index in [1.54, 1.807) is 0 Å². The van der Waals surface area contributed by atoms with Crippen LogP contribution in [0.4, 0.5) is 10.1 Å². The third-order valence-corrected chi connectivity index (χ3v) is 2.61. The van der Waals surface area contributed by atoms with E-state index in [-0.39, 0.29) is 17.0 Å².